The Hall–Kier alpha value is -0.463. The maximum Gasteiger partial charge on any atom is 0.582 e. The fraction of sp³-hybridized carbons (Fsp3) is 1.00. The fourth-order valence-electron chi connectivity index (χ4n) is 1.70. The summed E-state index contributed by atoms with van der Waals surface area (Å²) in [5.41, 5.74) is -5.38. The van der Waals surface area contributed by atoms with E-state index in [2.05, 4.69) is 13.3 Å². The zero-order valence-electron chi connectivity index (χ0n) is 12.7. The predicted molar refractivity (Wildman–Crippen MR) is 66.1 cm³/mol. The number of alkyl halides is 8. The van der Waals surface area contributed by atoms with Crippen LogP contribution in [0.3, 0.4) is 0 Å². The van der Waals surface area contributed by atoms with Gasteiger partial charge in [0.1, 0.15) is 0 Å². The lowest BCUT2D eigenvalue weighted by atomic mass is 10.1. The van der Waals surface area contributed by atoms with Gasteiger partial charge in [-0.05, 0) is 20.8 Å². The fourth-order valence-corrected chi connectivity index (χ4v) is 4.20. The Kier molecular flexibility index (Phi) is 7.91. The van der Waals surface area contributed by atoms with E-state index in [0.29, 0.717) is 0 Å². The van der Waals surface area contributed by atoms with Crippen LogP contribution in [0.5, 0.6) is 0 Å². The van der Waals surface area contributed by atoms with E-state index >= 15 is 0 Å². The highest BCUT2D eigenvalue weighted by Gasteiger charge is 2.79. The van der Waals surface area contributed by atoms with Gasteiger partial charge in [0, 0.05) is 19.8 Å². The van der Waals surface area contributed by atoms with Gasteiger partial charge in [-0.1, -0.05) is 0 Å². The van der Waals surface area contributed by atoms with E-state index in [1.807, 2.05) is 0 Å². The molecule has 0 saturated carbocycles. The SMILES string of the molecule is CCO[Si](OCC)(OCC)C(F)(F)C(F)(F)C(F)CC(F)(F)F. The highest BCUT2D eigenvalue weighted by molar-refractivity contribution is 6.63. The summed E-state index contributed by atoms with van der Waals surface area (Å²) >= 11 is 0. The zero-order valence-corrected chi connectivity index (χ0v) is 13.7. The predicted octanol–water partition coefficient (Wildman–Crippen LogP) is 4.14. The Morgan fingerprint density at radius 3 is 1.39 bits per heavy atom. The van der Waals surface area contributed by atoms with Crippen LogP contribution in [0.2, 0.25) is 0 Å². The van der Waals surface area contributed by atoms with Gasteiger partial charge < -0.3 is 13.3 Å². The van der Waals surface area contributed by atoms with Gasteiger partial charge in [-0.15, -0.1) is 0 Å². The number of rotatable bonds is 10. The Bertz CT molecular complexity index is 347. The first-order valence-electron chi connectivity index (χ1n) is 6.69. The molecule has 1 unspecified atom stereocenters. The molecule has 12 heteroatoms. The minimum absolute atomic E-state index is 0.534. The molecule has 140 valence electrons. The summed E-state index contributed by atoms with van der Waals surface area (Å²) in [6, 6.07) is 0. The summed E-state index contributed by atoms with van der Waals surface area (Å²) in [5, 5.41) is 0. The molecule has 0 spiro atoms. The molecular weight excluding hydrogens is 360 g/mol. The maximum absolute atomic E-state index is 14.2. The van der Waals surface area contributed by atoms with Crippen molar-refractivity contribution in [3.8, 4) is 0 Å². The average Bonchev–Trinajstić information content (AvgIpc) is 2.37. The summed E-state index contributed by atoms with van der Waals surface area (Å²) in [5.74, 6) is -5.69. The standard InChI is InChI=1S/C11H18F8O3Si/c1-4-20-23(21-5-2,22-6-3)11(18,19)10(16,17)8(12)7-9(13,14)15/h8H,4-7H2,1-3H3. The maximum atomic E-state index is 14.2. The molecule has 0 amide bonds. The smallest absolute Gasteiger partial charge is 0.370 e. The van der Waals surface area contributed by atoms with Gasteiger partial charge in [0.25, 0.3) is 0 Å². The number of hydrogen-bond acceptors (Lipinski definition) is 3. The summed E-state index contributed by atoms with van der Waals surface area (Å²) in [6.07, 6.45) is -12.3. The monoisotopic (exact) mass is 378 g/mol. The van der Waals surface area contributed by atoms with Crippen molar-refractivity contribution >= 4 is 8.80 Å². The van der Waals surface area contributed by atoms with E-state index in [0.717, 1.165) is 0 Å². The van der Waals surface area contributed by atoms with Crippen molar-refractivity contribution in [3.63, 3.8) is 0 Å². The Morgan fingerprint density at radius 1 is 0.783 bits per heavy atom. The Labute approximate surface area is 129 Å². The number of halogens is 8. The molecule has 0 aromatic carbocycles. The van der Waals surface area contributed by atoms with Crippen LogP contribution in [0.4, 0.5) is 35.1 Å². The lowest BCUT2D eigenvalue weighted by Gasteiger charge is -2.39. The second kappa shape index (κ2) is 8.08. The van der Waals surface area contributed by atoms with Crippen LogP contribution >= 0.6 is 0 Å². The van der Waals surface area contributed by atoms with Gasteiger partial charge in [-0.25, -0.2) is 4.39 Å². The van der Waals surface area contributed by atoms with Gasteiger partial charge in [0.15, 0.2) is 6.17 Å². The second-order valence-corrected chi connectivity index (χ2v) is 6.95. The third kappa shape index (κ3) is 5.00. The minimum Gasteiger partial charge on any atom is -0.370 e. The van der Waals surface area contributed by atoms with E-state index < -0.39 is 58.9 Å². The molecule has 0 rings (SSSR count). The van der Waals surface area contributed by atoms with Crippen molar-refractivity contribution in [2.45, 2.75) is 51.0 Å². The van der Waals surface area contributed by atoms with Gasteiger partial charge in [0.05, 0.1) is 6.42 Å². The van der Waals surface area contributed by atoms with Crippen molar-refractivity contribution in [2.75, 3.05) is 19.8 Å². The van der Waals surface area contributed by atoms with E-state index in [4.69, 9.17) is 0 Å². The van der Waals surface area contributed by atoms with Crippen LogP contribution in [-0.4, -0.2) is 52.4 Å². The molecule has 0 radical (unpaired) electrons. The summed E-state index contributed by atoms with van der Waals surface area (Å²) in [6.45, 7) is 1.93. The molecule has 0 bridgehead atoms. The first-order chi connectivity index (χ1) is 10.3. The van der Waals surface area contributed by atoms with Crippen molar-refractivity contribution in [1.29, 1.82) is 0 Å². The second-order valence-electron chi connectivity index (χ2n) is 4.34. The van der Waals surface area contributed by atoms with Crippen LogP contribution in [0.15, 0.2) is 0 Å². The summed E-state index contributed by atoms with van der Waals surface area (Å²) in [7, 11) is -5.49. The minimum atomic E-state index is -5.69. The van der Waals surface area contributed by atoms with Gasteiger partial charge in [0.2, 0.25) is 0 Å². The van der Waals surface area contributed by atoms with E-state index in [1.165, 1.54) is 20.8 Å². The topological polar surface area (TPSA) is 27.7 Å². The molecule has 3 nitrogen and oxygen atoms in total. The molecule has 0 aliphatic rings. The largest absolute Gasteiger partial charge is 0.582 e. The van der Waals surface area contributed by atoms with E-state index in [1.54, 1.807) is 0 Å². The van der Waals surface area contributed by atoms with Crippen LogP contribution in [0.1, 0.15) is 27.2 Å². The molecule has 0 saturated heterocycles. The third-order valence-corrected chi connectivity index (χ3v) is 5.72. The molecule has 0 N–H and O–H groups in total. The first-order valence-corrected chi connectivity index (χ1v) is 8.42. The Balaban J connectivity index is 5.80. The van der Waals surface area contributed by atoms with Crippen molar-refractivity contribution < 1.29 is 48.4 Å². The molecule has 0 heterocycles. The van der Waals surface area contributed by atoms with Crippen LogP contribution < -0.4 is 0 Å². The van der Waals surface area contributed by atoms with E-state index in [-0.39, 0.29) is 0 Å². The van der Waals surface area contributed by atoms with E-state index in [9.17, 15) is 35.1 Å². The molecule has 23 heavy (non-hydrogen) atoms. The summed E-state index contributed by atoms with van der Waals surface area (Å²) < 4.78 is 119. The van der Waals surface area contributed by atoms with Crippen LogP contribution in [0.25, 0.3) is 0 Å². The van der Waals surface area contributed by atoms with Gasteiger partial charge in [-0.3, -0.25) is 0 Å². The molecule has 0 aliphatic carbocycles. The molecule has 0 aromatic heterocycles. The molecular formula is C11H18F8O3Si. The normalized spacial score (nSPS) is 15.8. The van der Waals surface area contributed by atoms with Crippen molar-refractivity contribution in [1.82, 2.24) is 0 Å². The first kappa shape index (κ1) is 22.5. The molecule has 0 fully saturated rings. The zero-order chi connectivity index (χ0) is 18.5. The number of hydrogen-bond donors (Lipinski definition) is 0. The molecule has 0 aliphatic heterocycles. The average molecular weight is 378 g/mol. The van der Waals surface area contributed by atoms with Gasteiger partial charge in [-0.2, -0.15) is 30.7 Å². The van der Waals surface area contributed by atoms with Crippen molar-refractivity contribution in [2.24, 2.45) is 0 Å². The van der Waals surface area contributed by atoms with Gasteiger partial charge >= 0.3 is 26.4 Å². The summed E-state index contributed by atoms with van der Waals surface area (Å²) in [4.78, 5) is 0. The Morgan fingerprint density at radius 2 is 1.13 bits per heavy atom. The highest BCUT2D eigenvalue weighted by Crippen LogP contribution is 2.47. The van der Waals surface area contributed by atoms with Crippen molar-refractivity contribution in [3.05, 3.63) is 0 Å². The lowest BCUT2D eigenvalue weighted by molar-refractivity contribution is -0.248. The molecule has 0 aromatic rings. The van der Waals surface area contributed by atoms with Crippen LogP contribution in [0, 0.1) is 0 Å². The molecule has 1 atom stereocenters. The third-order valence-electron chi connectivity index (χ3n) is 2.61. The quantitative estimate of drug-likeness (QED) is 0.423. The highest BCUT2D eigenvalue weighted by atomic mass is 28.4. The lowest BCUT2D eigenvalue weighted by Crippen LogP contribution is -2.70. The van der Waals surface area contributed by atoms with Crippen LogP contribution in [-0.2, 0) is 13.3 Å².